The van der Waals surface area contributed by atoms with Gasteiger partial charge in [0.1, 0.15) is 5.69 Å². The van der Waals surface area contributed by atoms with Crippen molar-refractivity contribution in [2.45, 2.75) is 26.2 Å². The van der Waals surface area contributed by atoms with Crippen LogP contribution in [-0.2, 0) is 6.42 Å². The minimum Gasteiger partial charge on any atom is -0.364 e. The van der Waals surface area contributed by atoms with Gasteiger partial charge >= 0.3 is 0 Å². The zero-order valence-corrected chi connectivity index (χ0v) is 10.5. The van der Waals surface area contributed by atoms with Crippen molar-refractivity contribution in [2.75, 3.05) is 0 Å². The van der Waals surface area contributed by atoms with Crippen molar-refractivity contribution in [3.05, 3.63) is 47.8 Å². The number of hydrogen-bond donors (Lipinski definition) is 1. The van der Waals surface area contributed by atoms with Crippen LogP contribution in [0.5, 0.6) is 0 Å². The number of amides is 1. The first kappa shape index (κ1) is 12.4. The quantitative estimate of drug-likeness (QED) is 0.876. The molecule has 0 aliphatic carbocycles. The monoisotopic (exact) mass is 243 g/mol. The summed E-state index contributed by atoms with van der Waals surface area (Å²) in [6, 6.07) is 11.3. The van der Waals surface area contributed by atoms with Crippen LogP contribution in [0.1, 0.15) is 35.9 Å². The molecule has 0 spiro atoms. The van der Waals surface area contributed by atoms with E-state index in [-0.39, 0.29) is 0 Å². The number of nitrogens with zero attached hydrogens (tertiary/aromatic N) is 2. The SMILES string of the molecule is CCCCc1cc(C(N)=O)n(-c2ccccc2)n1. The third kappa shape index (κ3) is 2.59. The fourth-order valence-electron chi connectivity index (χ4n) is 1.85. The highest BCUT2D eigenvalue weighted by atomic mass is 16.1. The standard InChI is InChI=1S/C14H17N3O/c1-2-3-7-11-10-13(14(15)18)17(16-11)12-8-5-4-6-9-12/h4-6,8-10H,2-3,7H2,1H3,(H2,15,18). The van der Waals surface area contributed by atoms with Gasteiger partial charge in [0.25, 0.3) is 5.91 Å². The van der Waals surface area contributed by atoms with Crippen molar-refractivity contribution < 1.29 is 4.79 Å². The summed E-state index contributed by atoms with van der Waals surface area (Å²) in [6.07, 6.45) is 3.03. The number of aromatic nitrogens is 2. The third-order valence-electron chi connectivity index (χ3n) is 2.80. The molecular weight excluding hydrogens is 226 g/mol. The fraction of sp³-hybridized carbons (Fsp3) is 0.286. The van der Waals surface area contributed by atoms with Crippen LogP contribution in [0, 0.1) is 0 Å². The molecule has 2 N–H and O–H groups in total. The van der Waals surface area contributed by atoms with Gasteiger partial charge in [0.05, 0.1) is 11.4 Å². The van der Waals surface area contributed by atoms with Crippen LogP contribution in [0.15, 0.2) is 36.4 Å². The Kier molecular flexibility index (Phi) is 3.77. The third-order valence-corrected chi connectivity index (χ3v) is 2.80. The van der Waals surface area contributed by atoms with E-state index in [1.165, 1.54) is 0 Å². The second-order valence-electron chi connectivity index (χ2n) is 4.24. The molecule has 2 aromatic rings. The van der Waals surface area contributed by atoms with Crippen LogP contribution in [0.3, 0.4) is 0 Å². The number of benzene rings is 1. The molecule has 1 aromatic heterocycles. The maximum atomic E-state index is 11.4. The molecule has 1 aromatic carbocycles. The first-order valence-electron chi connectivity index (χ1n) is 6.16. The predicted molar refractivity (Wildman–Crippen MR) is 70.7 cm³/mol. The lowest BCUT2D eigenvalue weighted by atomic mass is 10.2. The van der Waals surface area contributed by atoms with E-state index in [1.807, 2.05) is 30.3 Å². The first-order valence-corrected chi connectivity index (χ1v) is 6.16. The van der Waals surface area contributed by atoms with Crippen LogP contribution in [0.4, 0.5) is 0 Å². The Labute approximate surface area is 106 Å². The van der Waals surface area contributed by atoms with E-state index in [9.17, 15) is 4.79 Å². The molecule has 0 radical (unpaired) electrons. The minimum atomic E-state index is -0.450. The van der Waals surface area contributed by atoms with E-state index in [0.717, 1.165) is 30.6 Å². The molecule has 0 saturated carbocycles. The van der Waals surface area contributed by atoms with Crippen LogP contribution < -0.4 is 5.73 Å². The second-order valence-corrected chi connectivity index (χ2v) is 4.24. The minimum absolute atomic E-state index is 0.437. The van der Waals surface area contributed by atoms with Gasteiger partial charge in [0.15, 0.2) is 0 Å². The van der Waals surface area contributed by atoms with E-state index < -0.39 is 5.91 Å². The molecule has 0 atom stereocenters. The number of nitrogens with two attached hydrogens (primary N) is 1. The zero-order valence-electron chi connectivity index (χ0n) is 10.5. The summed E-state index contributed by atoms with van der Waals surface area (Å²) < 4.78 is 1.62. The van der Waals surface area contributed by atoms with Crippen molar-refractivity contribution in [2.24, 2.45) is 5.73 Å². The van der Waals surface area contributed by atoms with Crippen molar-refractivity contribution in [3.63, 3.8) is 0 Å². The lowest BCUT2D eigenvalue weighted by Gasteiger charge is -2.03. The van der Waals surface area contributed by atoms with E-state index in [2.05, 4.69) is 12.0 Å². The summed E-state index contributed by atoms with van der Waals surface area (Å²) in [5.74, 6) is -0.450. The van der Waals surface area contributed by atoms with Crippen LogP contribution in [0.2, 0.25) is 0 Å². The van der Waals surface area contributed by atoms with Crippen molar-refractivity contribution in [1.29, 1.82) is 0 Å². The molecule has 18 heavy (non-hydrogen) atoms. The van der Waals surface area contributed by atoms with E-state index in [4.69, 9.17) is 5.73 Å². The van der Waals surface area contributed by atoms with Gasteiger partial charge in [-0.05, 0) is 31.0 Å². The summed E-state index contributed by atoms with van der Waals surface area (Å²) in [5.41, 5.74) is 7.60. The Morgan fingerprint density at radius 2 is 2.06 bits per heavy atom. The summed E-state index contributed by atoms with van der Waals surface area (Å²) in [6.45, 7) is 2.13. The number of hydrogen-bond acceptors (Lipinski definition) is 2. The summed E-state index contributed by atoms with van der Waals surface area (Å²) in [4.78, 5) is 11.4. The molecule has 0 aliphatic rings. The van der Waals surface area contributed by atoms with Crippen LogP contribution in [-0.4, -0.2) is 15.7 Å². The van der Waals surface area contributed by atoms with Crippen molar-refractivity contribution >= 4 is 5.91 Å². The lowest BCUT2D eigenvalue weighted by Crippen LogP contribution is -2.16. The van der Waals surface area contributed by atoms with Crippen molar-refractivity contribution in [1.82, 2.24) is 9.78 Å². The van der Waals surface area contributed by atoms with E-state index in [0.29, 0.717) is 5.69 Å². The Bertz CT molecular complexity index is 531. The molecule has 0 bridgehead atoms. The Morgan fingerprint density at radius 3 is 2.67 bits per heavy atom. The maximum Gasteiger partial charge on any atom is 0.267 e. The van der Waals surface area contributed by atoms with Gasteiger partial charge in [-0.3, -0.25) is 4.79 Å². The Morgan fingerprint density at radius 1 is 1.33 bits per heavy atom. The van der Waals surface area contributed by atoms with E-state index in [1.54, 1.807) is 10.7 Å². The number of para-hydroxylation sites is 1. The molecule has 94 valence electrons. The van der Waals surface area contributed by atoms with Crippen molar-refractivity contribution in [3.8, 4) is 5.69 Å². The van der Waals surface area contributed by atoms with Gasteiger partial charge in [0, 0.05) is 0 Å². The summed E-state index contributed by atoms with van der Waals surface area (Å²) >= 11 is 0. The first-order chi connectivity index (χ1) is 8.72. The largest absolute Gasteiger partial charge is 0.364 e. The molecule has 0 saturated heterocycles. The molecule has 0 unspecified atom stereocenters. The van der Waals surface area contributed by atoms with Gasteiger partial charge in [0.2, 0.25) is 0 Å². The number of carbonyl (C=O) groups excluding carboxylic acids is 1. The van der Waals surface area contributed by atoms with Gasteiger partial charge in [-0.25, -0.2) is 4.68 Å². The summed E-state index contributed by atoms with van der Waals surface area (Å²) in [5, 5.41) is 4.46. The molecule has 2 rings (SSSR count). The smallest absolute Gasteiger partial charge is 0.267 e. The topological polar surface area (TPSA) is 60.9 Å². The highest BCUT2D eigenvalue weighted by molar-refractivity contribution is 5.91. The number of primary amides is 1. The highest BCUT2D eigenvalue weighted by Gasteiger charge is 2.13. The van der Waals surface area contributed by atoms with Gasteiger partial charge in [-0.1, -0.05) is 31.5 Å². The number of rotatable bonds is 5. The van der Waals surface area contributed by atoms with Gasteiger partial charge in [-0.2, -0.15) is 5.10 Å². The number of aryl methyl sites for hydroxylation is 1. The highest BCUT2D eigenvalue weighted by Crippen LogP contribution is 2.13. The fourth-order valence-corrected chi connectivity index (χ4v) is 1.85. The Balaban J connectivity index is 2.39. The summed E-state index contributed by atoms with van der Waals surface area (Å²) in [7, 11) is 0. The van der Waals surface area contributed by atoms with Gasteiger partial charge < -0.3 is 5.73 Å². The second kappa shape index (κ2) is 5.49. The number of carbonyl (C=O) groups is 1. The van der Waals surface area contributed by atoms with E-state index >= 15 is 0 Å². The molecule has 4 heteroatoms. The Hall–Kier alpha value is -2.10. The maximum absolute atomic E-state index is 11.4. The molecule has 1 heterocycles. The lowest BCUT2D eigenvalue weighted by molar-refractivity contribution is 0.0993. The molecule has 0 aliphatic heterocycles. The predicted octanol–water partition coefficient (Wildman–Crippen LogP) is 2.31. The molecule has 0 fully saturated rings. The molecule has 4 nitrogen and oxygen atoms in total. The average molecular weight is 243 g/mol. The average Bonchev–Trinajstić information content (AvgIpc) is 2.82. The van der Waals surface area contributed by atoms with Gasteiger partial charge in [-0.15, -0.1) is 0 Å². The molecule has 1 amide bonds. The number of unbranched alkanes of at least 4 members (excludes halogenated alkanes) is 1. The zero-order chi connectivity index (χ0) is 13.0. The van der Waals surface area contributed by atoms with Crippen LogP contribution in [0.25, 0.3) is 5.69 Å². The molecular formula is C14H17N3O. The van der Waals surface area contributed by atoms with Crippen LogP contribution >= 0.6 is 0 Å². The normalized spacial score (nSPS) is 10.5.